The molecule has 4 nitrogen and oxygen atoms in total. The van der Waals surface area contributed by atoms with Gasteiger partial charge in [-0.3, -0.25) is 9.69 Å². The van der Waals surface area contributed by atoms with Crippen LogP contribution in [0.4, 0.5) is 0 Å². The van der Waals surface area contributed by atoms with Crippen molar-refractivity contribution in [2.75, 3.05) is 26.2 Å². The van der Waals surface area contributed by atoms with Gasteiger partial charge in [-0.1, -0.05) is 30.3 Å². The SMILES string of the molecule is O=COC(c1ccccc1)N1CCNCC1. The molecular weight excluding hydrogens is 204 g/mol. The first-order valence-corrected chi connectivity index (χ1v) is 5.50. The number of carbonyl (C=O) groups excluding carboxylic acids is 1. The van der Waals surface area contributed by atoms with E-state index in [1.807, 2.05) is 30.3 Å². The van der Waals surface area contributed by atoms with Gasteiger partial charge in [-0.15, -0.1) is 0 Å². The number of hydrogen-bond acceptors (Lipinski definition) is 4. The molecule has 1 atom stereocenters. The number of carbonyl (C=O) groups is 1. The molecule has 0 aromatic heterocycles. The van der Waals surface area contributed by atoms with Crippen molar-refractivity contribution in [3.05, 3.63) is 35.9 Å². The molecule has 0 aliphatic carbocycles. The number of piperazine rings is 1. The molecule has 0 radical (unpaired) electrons. The summed E-state index contributed by atoms with van der Waals surface area (Å²) in [7, 11) is 0. The molecule has 0 amide bonds. The normalized spacial score (nSPS) is 19.0. The van der Waals surface area contributed by atoms with Gasteiger partial charge in [-0.05, 0) is 0 Å². The Morgan fingerprint density at radius 1 is 1.25 bits per heavy atom. The van der Waals surface area contributed by atoms with Gasteiger partial charge in [0.2, 0.25) is 0 Å². The third-order valence-corrected chi connectivity index (χ3v) is 2.75. The fraction of sp³-hybridized carbons (Fsp3) is 0.417. The summed E-state index contributed by atoms with van der Waals surface area (Å²) in [6.07, 6.45) is -0.249. The summed E-state index contributed by atoms with van der Waals surface area (Å²) in [4.78, 5) is 12.7. The lowest BCUT2D eigenvalue weighted by molar-refractivity contribution is -0.145. The van der Waals surface area contributed by atoms with Crippen LogP contribution in [0, 0.1) is 0 Å². The van der Waals surface area contributed by atoms with Crippen molar-refractivity contribution < 1.29 is 9.53 Å². The fourth-order valence-corrected chi connectivity index (χ4v) is 1.96. The molecule has 0 spiro atoms. The molecule has 2 rings (SSSR count). The molecule has 86 valence electrons. The van der Waals surface area contributed by atoms with E-state index in [-0.39, 0.29) is 6.23 Å². The molecule has 1 N–H and O–H groups in total. The zero-order valence-electron chi connectivity index (χ0n) is 9.13. The van der Waals surface area contributed by atoms with Gasteiger partial charge in [-0.25, -0.2) is 0 Å². The average Bonchev–Trinajstić information content (AvgIpc) is 2.38. The van der Waals surface area contributed by atoms with Crippen molar-refractivity contribution in [1.82, 2.24) is 10.2 Å². The number of rotatable bonds is 4. The zero-order valence-corrected chi connectivity index (χ0v) is 9.13. The molecule has 16 heavy (non-hydrogen) atoms. The van der Waals surface area contributed by atoms with Crippen molar-refractivity contribution in [2.45, 2.75) is 6.23 Å². The summed E-state index contributed by atoms with van der Waals surface area (Å²) in [5, 5.41) is 3.28. The van der Waals surface area contributed by atoms with E-state index >= 15 is 0 Å². The summed E-state index contributed by atoms with van der Waals surface area (Å²) in [6.45, 7) is 4.19. The summed E-state index contributed by atoms with van der Waals surface area (Å²) >= 11 is 0. The maximum atomic E-state index is 10.6. The van der Waals surface area contributed by atoms with Gasteiger partial charge in [0.1, 0.15) is 0 Å². The Bertz CT molecular complexity index is 323. The highest BCUT2D eigenvalue weighted by Crippen LogP contribution is 2.21. The van der Waals surface area contributed by atoms with Gasteiger partial charge in [0.15, 0.2) is 6.23 Å². The molecule has 1 aromatic rings. The van der Waals surface area contributed by atoms with Gasteiger partial charge in [0, 0.05) is 31.7 Å². The predicted octanol–water partition coefficient (Wildman–Crippen LogP) is 0.763. The molecule has 1 fully saturated rings. The van der Waals surface area contributed by atoms with Gasteiger partial charge in [0.25, 0.3) is 6.47 Å². The number of nitrogens with zero attached hydrogens (tertiary/aromatic N) is 1. The molecule has 0 bridgehead atoms. The Balaban J connectivity index is 2.12. The van der Waals surface area contributed by atoms with E-state index in [1.165, 1.54) is 0 Å². The second-order valence-electron chi connectivity index (χ2n) is 3.78. The van der Waals surface area contributed by atoms with Crippen molar-refractivity contribution in [2.24, 2.45) is 0 Å². The standard InChI is InChI=1S/C12H16N2O2/c15-10-16-12(11-4-2-1-3-5-11)14-8-6-13-7-9-14/h1-5,10,12-13H,6-9H2. The fourth-order valence-electron chi connectivity index (χ4n) is 1.96. The van der Waals surface area contributed by atoms with Crippen LogP contribution in [0.3, 0.4) is 0 Å². The van der Waals surface area contributed by atoms with Crippen LogP contribution in [0.5, 0.6) is 0 Å². The first-order chi connectivity index (χ1) is 7.92. The van der Waals surface area contributed by atoms with E-state index in [2.05, 4.69) is 10.2 Å². The highest BCUT2D eigenvalue weighted by Gasteiger charge is 2.22. The van der Waals surface area contributed by atoms with Crippen molar-refractivity contribution in [1.29, 1.82) is 0 Å². The Morgan fingerprint density at radius 3 is 2.56 bits per heavy atom. The van der Waals surface area contributed by atoms with Crippen LogP contribution in [-0.2, 0) is 9.53 Å². The lowest BCUT2D eigenvalue weighted by atomic mass is 10.1. The molecule has 1 heterocycles. The van der Waals surface area contributed by atoms with Crippen LogP contribution in [0.15, 0.2) is 30.3 Å². The van der Waals surface area contributed by atoms with Crippen molar-refractivity contribution in [3.63, 3.8) is 0 Å². The van der Waals surface area contributed by atoms with Gasteiger partial charge < -0.3 is 10.1 Å². The summed E-state index contributed by atoms with van der Waals surface area (Å²) in [5.74, 6) is 0. The van der Waals surface area contributed by atoms with E-state index in [9.17, 15) is 4.79 Å². The smallest absolute Gasteiger partial charge is 0.294 e. The quantitative estimate of drug-likeness (QED) is 0.761. The number of hydrogen-bond donors (Lipinski definition) is 1. The minimum Gasteiger partial charge on any atom is -0.444 e. The largest absolute Gasteiger partial charge is 0.444 e. The molecule has 1 aliphatic rings. The van der Waals surface area contributed by atoms with Crippen LogP contribution in [0.1, 0.15) is 11.8 Å². The summed E-state index contributed by atoms with van der Waals surface area (Å²) in [6, 6.07) is 9.84. The van der Waals surface area contributed by atoms with Crippen molar-refractivity contribution in [3.8, 4) is 0 Å². The molecule has 1 saturated heterocycles. The van der Waals surface area contributed by atoms with Crippen LogP contribution >= 0.6 is 0 Å². The summed E-state index contributed by atoms with van der Waals surface area (Å²) < 4.78 is 5.19. The van der Waals surface area contributed by atoms with Gasteiger partial charge in [0.05, 0.1) is 0 Å². The van der Waals surface area contributed by atoms with Crippen molar-refractivity contribution >= 4 is 6.47 Å². The first-order valence-electron chi connectivity index (χ1n) is 5.50. The average molecular weight is 220 g/mol. The lowest BCUT2D eigenvalue weighted by Crippen LogP contribution is -2.45. The minimum absolute atomic E-state index is 0.249. The zero-order chi connectivity index (χ0) is 11.2. The highest BCUT2D eigenvalue weighted by molar-refractivity contribution is 5.38. The maximum Gasteiger partial charge on any atom is 0.294 e. The first kappa shape index (κ1) is 11.1. The second-order valence-corrected chi connectivity index (χ2v) is 3.78. The van der Waals surface area contributed by atoms with E-state index < -0.39 is 0 Å². The number of benzene rings is 1. The minimum atomic E-state index is -0.249. The molecule has 1 unspecified atom stereocenters. The predicted molar refractivity (Wildman–Crippen MR) is 60.8 cm³/mol. The lowest BCUT2D eigenvalue weighted by Gasteiger charge is -2.33. The highest BCUT2D eigenvalue weighted by atomic mass is 16.5. The van der Waals surface area contributed by atoms with Crippen LogP contribution in [-0.4, -0.2) is 37.6 Å². The van der Waals surface area contributed by atoms with Crippen LogP contribution in [0.25, 0.3) is 0 Å². The molecule has 0 saturated carbocycles. The van der Waals surface area contributed by atoms with Gasteiger partial charge >= 0.3 is 0 Å². The molecule has 4 heteroatoms. The maximum absolute atomic E-state index is 10.6. The number of nitrogens with one attached hydrogen (secondary N) is 1. The van der Waals surface area contributed by atoms with E-state index in [0.29, 0.717) is 6.47 Å². The molecular formula is C12H16N2O2. The van der Waals surface area contributed by atoms with Crippen LogP contribution < -0.4 is 5.32 Å². The monoisotopic (exact) mass is 220 g/mol. The Morgan fingerprint density at radius 2 is 1.94 bits per heavy atom. The third-order valence-electron chi connectivity index (χ3n) is 2.75. The molecule has 1 aromatic carbocycles. The Labute approximate surface area is 95.2 Å². The Kier molecular flexibility index (Phi) is 3.91. The van der Waals surface area contributed by atoms with Crippen LogP contribution in [0.2, 0.25) is 0 Å². The molecule has 1 aliphatic heterocycles. The third kappa shape index (κ3) is 2.59. The van der Waals surface area contributed by atoms with E-state index in [0.717, 1.165) is 31.7 Å². The topological polar surface area (TPSA) is 41.6 Å². The summed E-state index contributed by atoms with van der Waals surface area (Å²) in [5.41, 5.74) is 1.02. The van der Waals surface area contributed by atoms with E-state index in [4.69, 9.17) is 4.74 Å². The Hall–Kier alpha value is -1.39. The van der Waals surface area contributed by atoms with E-state index in [1.54, 1.807) is 0 Å². The second kappa shape index (κ2) is 5.63. The number of ether oxygens (including phenoxy) is 1. The van der Waals surface area contributed by atoms with Gasteiger partial charge in [-0.2, -0.15) is 0 Å².